The van der Waals surface area contributed by atoms with Crippen LogP contribution in [-0.4, -0.2) is 60.7 Å². The highest BCUT2D eigenvalue weighted by molar-refractivity contribution is 5.95. The van der Waals surface area contributed by atoms with Crippen molar-refractivity contribution < 1.29 is 23.8 Å². The van der Waals surface area contributed by atoms with Gasteiger partial charge in [0.05, 0.1) is 6.54 Å². The predicted molar refractivity (Wildman–Crippen MR) is 127 cm³/mol. The standard InChI is InChI=1S/C27H32N2O5/c30-26-8-4-13-28(27(31)21-10-12-24-25(18-21)34-19-33-24)15-16-32-23-7-3-5-20(17-23)9-11-22-6-1-2-14-29(22)26/h3,5,7,10,12,17-18,22H,1-2,4,6,8-9,11,13-16,19H2. The summed E-state index contributed by atoms with van der Waals surface area (Å²) in [5.74, 6) is 2.17. The second kappa shape index (κ2) is 10.4. The lowest BCUT2D eigenvalue weighted by atomic mass is 9.95. The Balaban J connectivity index is 1.34. The number of ether oxygens (including phenoxy) is 3. The molecule has 3 aliphatic rings. The van der Waals surface area contributed by atoms with E-state index in [9.17, 15) is 9.59 Å². The first-order valence-corrected chi connectivity index (χ1v) is 12.4. The fourth-order valence-electron chi connectivity index (χ4n) is 5.12. The largest absolute Gasteiger partial charge is 0.492 e. The molecule has 0 spiro atoms. The van der Waals surface area contributed by atoms with Crippen LogP contribution in [0.2, 0.25) is 0 Å². The van der Waals surface area contributed by atoms with E-state index in [1.165, 1.54) is 12.0 Å². The molecule has 0 aromatic heterocycles. The first kappa shape index (κ1) is 22.6. The number of amides is 2. The summed E-state index contributed by atoms with van der Waals surface area (Å²) in [6.07, 6.45) is 6.30. The van der Waals surface area contributed by atoms with Crippen molar-refractivity contribution in [3.8, 4) is 17.2 Å². The maximum absolute atomic E-state index is 13.4. The van der Waals surface area contributed by atoms with Gasteiger partial charge in [-0.15, -0.1) is 0 Å². The Hall–Kier alpha value is -3.22. The molecular weight excluding hydrogens is 432 g/mol. The lowest BCUT2D eigenvalue weighted by Gasteiger charge is -2.36. The fraction of sp³-hybridized carbons (Fsp3) is 0.481. The van der Waals surface area contributed by atoms with Crippen molar-refractivity contribution in [1.82, 2.24) is 9.80 Å². The number of hydrogen-bond acceptors (Lipinski definition) is 5. The van der Waals surface area contributed by atoms with E-state index in [2.05, 4.69) is 17.0 Å². The summed E-state index contributed by atoms with van der Waals surface area (Å²) >= 11 is 0. The van der Waals surface area contributed by atoms with Crippen molar-refractivity contribution in [2.75, 3.05) is 33.0 Å². The zero-order valence-corrected chi connectivity index (χ0v) is 19.5. The molecule has 5 rings (SSSR count). The molecule has 180 valence electrons. The van der Waals surface area contributed by atoms with Gasteiger partial charge < -0.3 is 24.0 Å². The summed E-state index contributed by atoms with van der Waals surface area (Å²) in [5.41, 5.74) is 1.77. The number of benzene rings is 2. The van der Waals surface area contributed by atoms with Crippen molar-refractivity contribution in [3.63, 3.8) is 0 Å². The maximum Gasteiger partial charge on any atom is 0.254 e. The molecule has 2 aromatic rings. The lowest BCUT2D eigenvalue weighted by Crippen LogP contribution is -2.44. The highest BCUT2D eigenvalue weighted by Crippen LogP contribution is 2.33. The van der Waals surface area contributed by atoms with Gasteiger partial charge in [0.25, 0.3) is 5.91 Å². The quantitative estimate of drug-likeness (QED) is 0.637. The molecule has 1 fully saturated rings. The van der Waals surface area contributed by atoms with Crippen LogP contribution in [0.5, 0.6) is 17.2 Å². The van der Waals surface area contributed by atoms with Crippen LogP contribution >= 0.6 is 0 Å². The first-order chi connectivity index (χ1) is 16.7. The van der Waals surface area contributed by atoms with Gasteiger partial charge in [0, 0.05) is 31.1 Å². The topological polar surface area (TPSA) is 68.3 Å². The van der Waals surface area contributed by atoms with Crippen LogP contribution in [0.25, 0.3) is 0 Å². The van der Waals surface area contributed by atoms with Crippen molar-refractivity contribution in [2.45, 2.75) is 51.0 Å². The van der Waals surface area contributed by atoms with Gasteiger partial charge in [0.15, 0.2) is 11.5 Å². The summed E-state index contributed by atoms with van der Waals surface area (Å²) in [4.78, 5) is 30.3. The SMILES string of the molecule is O=C(c1ccc2c(c1)OCO2)N1CCCC(=O)N2CCCCC2CCc2cccc(c2)OCC1. The monoisotopic (exact) mass is 464 g/mol. The van der Waals surface area contributed by atoms with Crippen LogP contribution in [-0.2, 0) is 11.2 Å². The molecule has 0 N–H and O–H groups in total. The molecule has 0 aliphatic carbocycles. The molecule has 2 bridgehead atoms. The van der Waals surface area contributed by atoms with E-state index in [1.807, 2.05) is 12.1 Å². The summed E-state index contributed by atoms with van der Waals surface area (Å²) in [5, 5.41) is 0. The molecule has 1 unspecified atom stereocenters. The number of nitrogens with zero attached hydrogens (tertiary/aromatic N) is 2. The molecule has 34 heavy (non-hydrogen) atoms. The molecule has 3 aliphatic heterocycles. The van der Waals surface area contributed by atoms with E-state index < -0.39 is 0 Å². The second-order valence-electron chi connectivity index (χ2n) is 9.24. The fourth-order valence-corrected chi connectivity index (χ4v) is 5.12. The van der Waals surface area contributed by atoms with Crippen LogP contribution in [0.1, 0.15) is 54.4 Å². The third-order valence-corrected chi connectivity index (χ3v) is 6.97. The van der Waals surface area contributed by atoms with Gasteiger partial charge in [-0.25, -0.2) is 0 Å². The highest BCUT2D eigenvalue weighted by atomic mass is 16.7. The number of rotatable bonds is 1. The van der Waals surface area contributed by atoms with E-state index in [4.69, 9.17) is 14.2 Å². The molecule has 3 heterocycles. The maximum atomic E-state index is 13.4. The Morgan fingerprint density at radius 2 is 1.76 bits per heavy atom. The average molecular weight is 465 g/mol. The van der Waals surface area contributed by atoms with Gasteiger partial charge in [-0.05, 0) is 74.4 Å². The van der Waals surface area contributed by atoms with Crippen LogP contribution in [0.4, 0.5) is 0 Å². The van der Waals surface area contributed by atoms with Crippen molar-refractivity contribution in [2.24, 2.45) is 0 Å². The Bertz CT molecular complexity index is 1040. The van der Waals surface area contributed by atoms with Gasteiger partial charge in [-0.2, -0.15) is 0 Å². The number of piperidine rings is 1. The third kappa shape index (κ3) is 5.13. The van der Waals surface area contributed by atoms with E-state index in [0.717, 1.165) is 38.0 Å². The van der Waals surface area contributed by atoms with E-state index >= 15 is 0 Å². The summed E-state index contributed by atoms with van der Waals surface area (Å²) in [6.45, 7) is 2.34. The normalized spacial score (nSPS) is 21.2. The lowest BCUT2D eigenvalue weighted by molar-refractivity contribution is -0.135. The zero-order valence-electron chi connectivity index (χ0n) is 19.5. The van der Waals surface area contributed by atoms with Crippen molar-refractivity contribution in [1.29, 1.82) is 0 Å². The summed E-state index contributed by atoms with van der Waals surface area (Å²) in [6, 6.07) is 13.7. The first-order valence-electron chi connectivity index (χ1n) is 12.4. The van der Waals surface area contributed by atoms with Gasteiger partial charge in [-0.1, -0.05) is 12.1 Å². The minimum atomic E-state index is -0.0942. The predicted octanol–water partition coefficient (Wildman–Crippen LogP) is 4.04. The zero-order chi connectivity index (χ0) is 23.3. The molecule has 7 heteroatoms. The van der Waals surface area contributed by atoms with E-state index in [0.29, 0.717) is 55.6 Å². The van der Waals surface area contributed by atoms with Gasteiger partial charge in [0.2, 0.25) is 12.7 Å². The molecule has 1 atom stereocenters. The second-order valence-corrected chi connectivity index (χ2v) is 9.24. The Morgan fingerprint density at radius 1 is 0.853 bits per heavy atom. The van der Waals surface area contributed by atoms with Gasteiger partial charge in [0.1, 0.15) is 12.4 Å². The molecule has 2 amide bonds. The Kier molecular flexibility index (Phi) is 6.88. The highest BCUT2D eigenvalue weighted by Gasteiger charge is 2.27. The Labute approximate surface area is 200 Å². The molecule has 0 saturated carbocycles. The van der Waals surface area contributed by atoms with Crippen LogP contribution in [0.3, 0.4) is 0 Å². The van der Waals surface area contributed by atoms with E-state index in [-0.39, 0.29) is 18.6 Å². The smallest absolute Gasteiger partial charge is 0.254 e. The summed E-state index contributed by atoms with van der Waals surface area (Å²) in [7, 11) is 0. The molecule has 7 nitrogen and oxygen atoms in total. The number of hydrogen-bond donors (Lipinski definition) is 0. The minimum Gasteiger partial charge on any atom is -0.492 e. The van der Waals surface area contributed by atoms with E-state index in [1.54, 1.807) is 23.1 Å². The van der Waals surface area contributed by atoms with Crippen LogP contribution in [0.15, 0.2) is 42.5 Å². The van der Waals surface area contributed by atoms with Crippen molar-refractivity contribution >= 4 is 11.8 Å². The number of carbonyl (C=O) groups is 2. The minimum absolute atomic E-state index is 0.0942. The third-order valence-electron chi connectivity index (χ3n) is 6.97. The Morgan fingerprint density at radius 3 is 2.71 bits per heavy atom. The molecule has 2 aromatic carbocycles. The molecular formula is C27H32N2O5. The van der Waals surface area contributed by atoms with Crippen LogP contribution in [0, 0.1) is 0 Å². The number of fused-ring (bicyclic) bond motifs is 4. The number of aryl methyl sites for hydroxylation is 1. The summed E-state index contributed by atoms with van der Waals surface area (Å²) < 4.78 is 16.8. The van der Waals surface area contributed by atoms with Gasteiger partial charge in [-0.3, -0.25) is 9.59 Å². The molecule has 1 saturated heterocycles. The van der Waals surface area contributed by atoms with Crippen LogP contribution < -0.4 is 14.2 Å². The number of carbonyl (C=O) groups excluding carboxylic acids is 2. The average Bonchev–Trinajstić information content (AvgIpc) is 3.34. The van der Waals surface area contributed by atoms with Gasteiger partial charge >= 0.3 is 0 Å². The molecule has 0 radical (unpaired) electrons. The van der Waals surface area contributed by atoms with Crippen molar-refractivity contribution in [3.05, 3.63) is 53.6 Å².